The molecule has 172 valence electrons. The smallest absolute Gasteiger partial charge is 0.409 e. The second-order valence-corrected chi connectivity index (χ2v) is 8.50. The molecule has 0 radical (unpaired) electrons. The predicted octanol–water partition coefficient (Wildman–Crippen LogP) is 4.45. The molecular weight excluding hydrogens is 440 g/mol. The number of halogens is 1. The number of amides is 2. The highest BCUT2D eigenvalue weighted by atomic mass is 35.5. The number of nitrogens with zero attached hydrogens (tertiary/aromatic N) is 3. The van der Waals surface area contributed by atoms with Crippen molar-refractivity contribution >= 4 is 34.5 Å². The molecule has 3 aromatic rings. The number of hydrogen-bond donors (Lipinski definition) is 1. The van der Waals surface area contributed by atoms with Gasteiger partial charge in [0.15, 0.2) is 0 Å². The van der Waals surface area contributed by atoms with E-state index >= 15 is 0 Å². The minimum atomic E-state index is -0.620. The Morgan fingerprint density at radius 3 is 2.64 bits per heavy atom. The summed E-state index contributed by atoms with van der Waals surface area (Å²) in [5.41, 5.74) is 10.0. The Morgan fingerprint density at radius 2 is 1.94 bits per heavy atom. The Hall–Kier alpha value is -3.16. The van der Waals surface area contributed by atoms with E-state index in [1.54, 1.807) is 21.9 Å². The number of fused-ring (bicyclic) bond motifs is 1. The average Bonchev–Trinajstić information content (AvgIpc) is 2.84. The number of piperazine rings is 1. The minimum Gasteiger partial charge on any atom is -0.449 e. The Bertz CT molecular complexity index is 1190. The standard InChI is InChI=1S/C25H27ClN4O3/c1-3-13-33-25(32)29-11-12-30(21(27)15-29)24(31)18-9-10-19-20(14-18)28-23(16(2)22(19)26)17-7-5-4-6-8-17/h4-10,14,21H,3,11-13,15,27H2,1-2H3/t21-/m0/s1. The van der Waals surface area contributed by atoms with E-state index < -0.39 is 12.3 Å². The van der Waals surface area contributed by atoms with E-state index in [2.05, 4.69) is 0 Å². The molecule has 1 atom stereocenters. The van der Waals surface area contributed by atoms with Crippen LogP contribution in [0, 0.1) is 6.92 Å². The van der Waals surface area contributed by atoms with Crippen molar-refractivity contribution < 1.29 is 14.3 Å². The average molecular weight is 467 g/mol. The molecule has 0 aliphatic carbocycles. The van der Waals surface area contributed by atoms with Gasteiger partial charge in [0.25, 0.3) is 5.91 Å². The van der Waals surface area contributed by atoms with Crippen LogP contribution in [0.5, 0.6) is 0 Å². The Kier molecular flexibility index (Phi) is 6.81. The topological polar surface area (TPSA) is 88.8 Å². The normalized spacial score (nSPS) is 16.2. The summed E-state index contributed by atoms with van der Waals surface area (Å²) in [4.78, 5) is 33.3. The lowest BCUT2D eigenvalue weighted by molar-refractivity contribution is 0.0392. The van der Waals surface area contributed by atoms with Crippen LogP contribution in [0.4, 0.5) is 4.79 Å². The van der Waals surface area contributed by atoms with Crippen molar-refractivity contribution in [1.82, 2.24) is 14.8 Å². The lowest BCUT2D eigenvalue weighted by Gasteiger charge is -2.39. The van der Waals surface area contributed by atoms with Crippen molar-refractivity contribution in [2.45, 2.75) is 26.4 Å². The highest BCUT2D eigenvalue weighted by Crippen LogP contribution is 2.33. The molecule has 2 N–H and O–H groups in total. The van der Waals surface area contributed by atoms with E-state index in [1.165, 1.54) is 0 Å². The fourth-order valence-electron chi connectivity index (χ4n) is 4.00. The van der Waals surface area contributed by atoms with Crippen LogP contribution in [-0.4, -0.2) is 59.2 Å². The van der Waals surface area contributed by atoms with Crippen LogP contribution in [0.25, 0.3) is 22.2 Å². The number of benzene rings is 2. The number of pyridine rings is 1. The number of aromatic nitrogens is 1. The SMILES string of the molecule is CCCOC(=O)N1CCN(C(=O)c2ccc3c(Cl)c(C)c(-c4ccccc4)nc3c2)[C@H](N)C1. The first kappa shape index (κ1) is 23.0. The molecule has 1 fully saturated rings. The summed E-state index contributed by atoms with van der Waals surface area (Å²) < 4.78 is 5.18. The molecule has 4 rings (SSSR count). The molecule has 1 aliphatic rings. The van der Waals surface area contributed by atoms with Gasteiger partial charge in [0, 0.05) is 29.6 Å². The van der Waals surface area contributed by atoms with E-state index in [1.807, 2.05) is 50.2 Å². The summed E-state index contributed by atoms with van der Waals surface area (Å²) in [5.74, 6) is -0.203. The molecule has 2 aromatic carbocycles. The van der Waals surface area contributed by atoms with Crippen molar-refractivity contribution in [3.05, 3.63) is 64.7 Å². The van der Waals surface area contributed by atoms with Gasteiger partial charge in [-0.25, -0.2) is 9.78 Å². The predicted molar refractivity (Wildman–Crippen MR) is 129 cm³/mol. The number of hydrogen-bond acceptors (Lipinski definition) is 5. The second-order valence-electron chi connectivity index (χ2n) is 8.12. The fraction of sp³-hybridized carbons (Fsp3) is 0.320. The van der Waals surface area contributed by atoms with Gasteiger partial charge >= 0.3 is 6.09 Å². The second kappa shape index (κ2) is 9.77. The molecule has 33 heavy (non-hydrogen) atoms. The van der Waals surface area contributed by atoms with Gasteiger partial charge in [-0.3, -0.25) is 4.79 Å². The molecule has 0 unspecified atom stereocenters. The molecule has 8 heteroatoms. The molecule has 1 saturated heterocycles. The lowest BCUT2D eigenvalue weighted by Crippen LogP contribution is -2.60. The molecule has 0 spiro atoms. The summed E-state index contributed by atoms with van der Waals surface area (Å²) in [7, 11) is 0. The van der Waals surface area contributed by atoms with E-state index in [0.29, 0.717) is 35.8 Å². The van der Waals surface area contributed by atoms with Crippen LogP contribution in [-0.2, 0) is 4.74 Å². The van der Waals surface area contributed by atoms with Crippen LogP contribution in [0.2, 0.25) is 5.02 Å². The number of carbonyl (C=O) groups is 2. The maximum Gasteiger partial charge on any atom is 0.409 e. The maximum absolute atomic E-state index is 13.3. The molecule has 1 aromatic heterocycles. The fourth-order valence-corrected chi connectivity index (χ4v) is 4.25. The van der Waals surface area contributed by atoms with E-state index in [9.17, 15) is 9.59 Å². The molecule has 2 heterocycles. The zero-order chi connectivity index (χ0) is 23.5. The number of rotatable bonds is 4. The van der Waals surface area contributed by atoms with Crippen molar-refractivity contribution in [3.63, 3.8) is 0 Å². The highest BCUT2D eigenvalue weighted by Gasteiger charge is 2.31. The zero-order valence-electron chi connectivity index (χ0n) is 18.8. The van der Waals surface area contributed by atoms with Crippen molar-refractivity contribution in [3.8, 4) is 11.3 Å². The molecule has 0 bridgehead atoms. The third kappa shape index (κ3) is 4.65. The monoisotopic (exact) mass is 466 g/mol. The van der Waals surface area contributed by atoms with Crippen LogP contribution < -0.4 is 5.73 Å². The summed E-state index contributed by atoms with van der Waals surface area (Å²) in [6, 6.07) is 15.1. The largest absolute Gasteiger partial charge is 0.449 e. The molecule has 1 aliphatic heterocycles. The molecule has 7 nitrogen and oxygen atoms in total. The van der Waals surface area contributed by atoms with Crippen LogP contribution in [0.1, 0.15) is 29.3 Å². The number of ether oxygens (including phenoxy) is 1. The lowest BCUT2D eigenvalue weighted by atomic mass is 10.0. The summed E-state index contributed by atoms with van der Waals surface area (Å²) in [6.45, 7) is 5.17. The molecular formula is C25H27ClN4O3. The third-order valence-corrected chi connectivity index (χ3v) is 6.30. The summed E-state index contributed by atoms with van der Waals surface area (Å²) in [6.07, 6.45) is -0.264. The first-order valence-corrected chi connectivity index (χ1v) is 11.4. The molecule has 2 amide bonds. The minimum absolute atomic E-state index is 0.203. The van der Waals surface area contributed by atoms with Crippen LogP contribution in [0.15, 0.2) is 48.5 Å². The number of nitrogens with two attached hydrogens (primary N) is 1. The van der Waals surface area contributed by atoms with Gasteiger partial charge in [-0.2, -0.15) is 0 Å². The van der Waals surface area contributed by atoms with Gasteiger partial charge in [-0.05, 0) is 31.0 Å². The van der Waals surface area contributed by atoms with Crippen molar-refractivity contribution in [1.29, 1.82) is 0 Å². The Balaban J connectivity index is 1.59. The van der Waals surface area contributed by atoms with Crippen LogP contribution in [0.3, 0.4) is 0 Å². The molecule has 0 saturated carbocycles. The van der Waals surface area contributed by atoms with Crippen LogP contribution >= 0.6 is 11.6 Å². The zero-order valence-corrected chi connectivity index (χ0v) is 19.5. The van der Waals surface area contributed by atoms with E-state index in [4.69, 9.17) is 27.1 Å². The number of carbonyl (C=O) groups excluding carboxylic acids is 2. The van der Waals surface area contributed by atoms with Crippen molar-refractivity contribution in [2.75, 3.05) is 26.2 Å². The van der Waals surface area contributed by atoms with Gasteiger partial charge in [0.2, 0.25) is 0 Å². The first-order valence-electron chi connectivity index (χ1n) is 11.0. The van der Waals surface area contributed by atoms with Gasteiger partial charge in [-0.1, -0.05) is 54.9 Å². The van der Waals surface area contributed by atoms with E-state index in [-0.39, 0.29) is 12.5 Å². The highest BCUT2D eigenvalue weighted by molar-refractivity contribution is 6.36. The summed E-state index contributed by atoms with van der Waals surface area (Å²) in [5, 5.41) is 1.41. The Labute approximate surface area is 198 Å². The maximum atomic E-state index is 13.3. The summed E-state index contributed by atoms with van der Waals surface area (Å²) >= 11 is 6.66. The quantitative estimate of drug-likeness (QED) is 0.613. The first-order chi connectivity index (χ1) is 15.9. The van der Waals surface area contributed by atoms with Gasteiger partial charge < -0.3 is 20.3 Å². The van der Waals surface area contributed by atoms with E-state index in [0.717, 1.165) is 28.6 Å². The Morgan fingerprint density at radius 1 is 1.18 bits per heavy atom. The third-order valence-electron chi connectivity index (χ3n) is 5.81. The van der Waals surface area contributed by atoms with Gasteiger partial charge in [0.1, 0.15) is 0 Å². The van der Waals surface area contributed by atoms with Crippen molar-refractivity contribution in [2.24, 2.45) is 5.73 Å². The van der Waals surface area contributed by atoms with Gasteiger partial charge in [0.05, 0.1) is 35.6 Å². The van der Waals surface area contributed by atoms with Gasteiger partial charge in [-0.15, -0.1) is 0 Å².